The van der Waals surface area contributed by atoms with Crippen LogP contribution in [0.2, 0.25) is 0 Å². The van der Waals surface area contributed by atoms with Gasteiger partial charge in [-0.05, 0) is 74.7 Å². The molecule has 1 heterocycles. The maximum absolute atomic E-state index is 13.7. The first-order valence-electron chi connectivity index (χ1n) is 14.6. The third-order valence-corrected chi connectivity index (χ3v) is 8.91. The highest BCUT2D eigenvalue weighted by Crippen LogP contribution is 2.43. The zero-order valence-electron chi connectivity index (χ0n) is 23.4. The standard InChI is InChI=1S/C32H50N2O2/c1-5-12-25(2)24-32(29-16-7-6-8-17-29)19-10-15-28(23-27-13-9-14-27)26(3)31(36)34(21-11-20-32)22-18-30(35)33-4/h6-8,16-17,25,27H,5,9-15,18-24H2,1-4H3,(H,33,35)/b28-26+/t25?,32-/m0/s1. The van der Waals surface area contributed by atoms with E-state index in [0.717, 1.165) is 50.1 Å². The van der Waals surface area contributed by atoms with Gasteiger partial charge in [0.1, 0.15) is 0 Å². The molecule has 0 spiro atoms. The van der Waals surface area contributed by atoms with Gasteiger partial charge in [-0.1, -0.05) is 81.9 Å². The predicted molar refractivity (Wildman–Crippen MR) is 150 cm³/mol. The highest BCUT2D eigenvalue weighted by molar-refractivity contribution is 5.94. The quantitative estimate of drug-likeness (QED) is 0.374. The van der Waals surface area contributed by atoms with Crippen LogP contribution in [0.15, 0.2) is 41.5 Å². The van der Waals surface area contributed by atoms with Crippen LogP contribution in [0.25, 0.3) is 0 Å². The Bertz CT molecular complexity index is 873. The van der Waals surface area contributed by atoms with Crippen LogP contribution >= 0.6 is 0 Å². The number of hydrogen-bond acceptors (Lipinski definition) is 2. The molecule has 1 unspecified atom stereocenters. The third-order valence-electron chi connectivity index (χ3n) is 8.91. The van der Waals surface area contributed by atoms with Crippen molar-refractivity contribution < 1.29 is 9.59 Å². The largest absolute Gasteiger partial charge is 0.359 e. The van der Waals surface area contributed by atoms with E-state index in [0.29, 0.717) is 18.9 Å². The molecule has 1 aliphatic carbocycles. The van der Waals surface area contributed by atoms with Crippen molar-refractivity contribution in [1.29, 1.82) is 0 Å². The highest BCUT2D eigenvalue weighted by Gasteiger charge is 2.34. The summed E-state index contributed by atoms with van der Waals surface area (Å²) in [6.07, 6.45) is 14.5. The maximum atomic E-state index is 13.7. The minimum atomic E-state index is 0.000429. The first kappa shape index (κ1) is 28.5. The summed E-state index contributed by atoms with van der Waals surface area (Å²) in [5.41, 5.74) is 3.94. The van der Waals surface area contributed by atoms with E-state index in [1.54, 1.807) is 7.05 Å². The lowest BCUT2D eigenvalue weighted by Gasteiger charge is -2.38. The van der Waals surface area contributed by atoms with Crippen LogP contribution in [0.5, 0.6) is 0 Å². The number of amides is 2. The Morgan fingerprint density at radius 1 is 1.14 bits per heavy atom. The molecule has 1 fully saturated rings. The topological polar surface area (TPSA) is 49.4 Å². The molecule has 0 saturated heterocycles. The van der Waals surface area contributed by atoms with Crippen molar-refractivity contribution in [2.75, 3.05) is 20.1 Å². The van der Waals surface area contributed by atoms with Crippen LogP contribution in [-0.4, -0.2) is 36.9 Å². The fourth-order valence-electron chi connectivity index (χ4n) is 6.59. The van der Waals surface area contributed by atoms with E-state index < -0.39 is 0 Å². The lowest BCUT2D eigenvalue weighted by molar-refractivity contribution is -0.128. The summed E-state index contributed by atoms with van der Waals surface area (Å²) in [4.78, 5) is 27.7. The number of hydrogen-bond donors (Lipinski definition) is 1. The van der Waals surface area contributed by atoms with Crippen molar-refractivity contribution in [3.63, 3.8) is 0 Å². The maximum Gasteiger partial charge on any atom is 0.249 e. The van der Waals surface area contributed by atoms with Gasteiger partial charge in [0.25, 0.3) is 0 Å². The molecular weight excluding hydrogens is 444 g/mol. The zero-order chi connectivity index (χ0) is 26.0. The summed E-state index contributed by atoms with van der Waals surface area (Å²) in [5.74, 6) is 1.58. The van der Waals surface area contributed by atoms with Crippen molar-refractivity contribution in [3.8, 4) is 0 Å². The van der Waals surface area contributed by atoms with Gasteiger partial charge in [0.2, 0.25) is 11.8 Å². The Kier molecular flexibility index (Phi) is 11.1. The second-order valence-electron chi connectivity index (χ2n) is 11.6. The van der Waals surface area contributed by atoms with Gasteiger partial charge in [0.05, 0.1) is 0 Å². The van der Waals surface area contributed by atoms with E-state index in [-0.39, 0.29) is 17.2 Å². The fraction of sp³-hybridized carbons (Fsp3) is 0.688. The van der Waals surface area contributed by atoms with Gasteiger partial charge in [0, 0.05) is 32.1 Å². The minimum absolute atomic E-state index is 0.000429. The molecule has 2 amide bonds. The van der Waals surface area contributed by atoms with Crippen LogP contribution in [-0.2, 0) is 15.0 Å². The first-order chi connectivity index (χ1) is 17.4. The molecule has 1 saturated carbocycles. The molecule has 1 aromatic rings. The Balaban J connectivity index is 1.92. The van der Waals surface area contributed by atoms with E-state index in [1.807, 2.05) is 4.90 Å². The van der Waals surface area contributed by atoms with Crippen molar-refractivity contribution >= 4 is 11.8 Å². The van der Waals surface area contributed by atoms with E-state index in [1.165, 1.54) is 56.1 Å². The Morgan fingerprint density at radius 3 is 2.50 bits per heavy atom. The number of rotatable bonds is 10. The molecule has 2 atom stereocenters. The summed E-state index contributed by atoms with van der Waals surface area (Å²) in [6, 6.07) is 11.2. The normalized spacial score (nSPS) is 25.1. The summed E-state index contributed by atoms with van der Waals surface area (Å²) in [6.45, 7) is 7.98. The average molecular weight is 495 g/mol. The average Bonchev–Trinajstić information content (AvgIpc) is 2.87. The fourth-order valence-corrected chi connectivity index (χ4v) is 6.59. The SMILES string of the molecule is CCCC(C)C[C@]1(c2ccccc2)CCC/C(CC2CCC2)=C(/C)C(=O)N(CCC(=O)NC)CCC1. The highest BCUT2D eigenvalue weighted by atomic mass is 16.2. The zero-order valence-corrected chi connectivity index (χ0v) is 23.4. The molecule has 1 aliphatic heterocycles. The Morgan fingerprint density at radius 2 is 1.86 bits per heavy atom. The van der Waals surface area contributed by atoms with Crippen LogP contribution < -0.4 is 5.32 Å². The lowest BCUT2D eigenvalue weighted by atomic mass is 9.67. The van der Waals surface area contributed by atoms with Crippen LogP contribution in [0.1, 0.15) is 110 Å². The van der Waals surface area contributed by atoms with Crippen molar-refractivity contribution in [2.24, 2.45) is 11.8 Å². The summed E-state index contributed by atoms with van der Waals surface area (Å²) in [5, 5.41) is 2.72. The van der Waals surface area contributed by atoms with Crippen LogP contribution in [0.3, 0.4) is 0 Å². The van der Waals surface area contributed by atoms with E-state index in [2.05, 4.69) is 56.4 Å². The molecule has 1 N–H and O–H groups in total. The molecule has 0 radical (unpaired) electrons. The van der Waals surface area contributed by atoms with Gasteiger partial charge in [-0.25, -0.2) is 0 Å². The van der Waals surface area contributed by atoms with Gasteiger partial charge in [-0.2, -0.15) is 0 Å². The molecule has 3 rings (SSSR count). The second kappa shape index (κ2) is 14.0. The third kappa shape index (κ3) is 7.70. The number of nitrogens with zero attached hydrogens (tertiary/aromatic N) is 1. The molecule has 200 valence electrons. The van der Waals surface area contributed by atoms with E-state index in [4.69, 9.17) is 0 Å². The molecule has 1 aromatic carbocycles. The Hall–Kier alpha value is -2.10. The van der Waals surface area contributed by atoms with E-state index >= 15 is 0 Å². The molecule has 0 aromatic heterocycles. The molecule has 2 aliphatic rings. The predicted octanol–water partition coefficient (Wildman–Crippen LogP) is 7.19. The van der Waals surface area contributed by atoms with Gasteiger partial charge < -0.3 is 10.2 Å². The van der Waals surface area contributed by atoms with Crippen molar-refractivity contribution in [3.05, 3.63) is 47.0 Å². The molecule has 0 bridgehead atoms. The van der Waals surface area contributed by atoms with Gasteiger partial charge in [0.15, 0.2) is 0 Å². The number of carbonyl (C=O) groups is 2. The van der Waals surface area contributed by atoms with Crippen molar-refractivity contribution in [2.45, 2.75) is 110 Å². The summed E-state index contributed by atoms with van der Waals surface area (Å²) in [7, 11) is 1.67. The minimum Gasteiger partial charge on any atom is -0.359 e. The lowest BCUT2D eigenvalue weighted by Crippen LogP contribution is -2.37. The number of allylic oxidation sites excluding steroid dienone is 1. The first-order valence-corrected chi connectivity index (χ1v) is 14.6. The number of benzene rings is 1. The molecule has 36 heavy (non-hydrogen) atoms. The number of carbonyl (C=O) groups excluding carboxylic acids is 2. The number of nitrogens with one attached hydrogen (secondary N) is 1. The smallest absolute Gasteiger partial charge is 0.249 e. The second-order valence-corrected chi connectivity index (χ2v) is 11.6. The van der Waals surface area contributed by atoms with Gasteiger partial charge in [-0.15, -0.1) is 0 Å². The van der Waals surface area contributed by atoms with Crippen LogP contribution in [0.4, 0.5) is 0 Å². The van der Waals surface area contributed by atoms with Gasteiger partial charge in [-0.3, -0.25) is 9.59 Å². The van der Waals surface area contributed by atoms with Crippen molar-refractivity contribution in [1.82, 2.24) is 10.2 Å². The Labute approximate surface area is 220 Å². The van der Waals surface area contributed by atoms with Gasteiger partial charge >= 0.3 is 0 Å². The van der Waals surface area contributed by atoms with Crippen LogP contribution in [0, 0.1) is 11.8 Å². The molecular formula is C32H50N2O2. The monoisotopic (exact) mass is 494 g/mol. The summed E-state index contributed by atoms with van der Waals surface area (Å²) < 4.78 is 0. The molecule has 4 nitrogen and oxygen atoms in total. The summed E-state index contributed by atoms with van der Waals surface area (Å²) >= 11 is 0. The van der Waals surface area contributed by atoms with E-state index in [9.17, 15) is 9.59 Å². The molecule has 4 heteroatoms.